The molecule has 140 valence electrons. The summed E-state index contributed by atoms with van der Waals surface area (Å²) in [5.41, 5.74) is 2.51. The largest absolute Gasteiger partial charge is 1.00 e. The normalized spacial score (nSPS) is 16.8. The van der Waals surface area contributed by atoms with Crippen molar-refractivity contribution >= 4 is 11.6 Å². The minimum absolute atomic E-state index is 0. The minimum Gasteiger partial charge on any atom is -0.507 e. The number of nitrogens with zero attached hydrogens (tertiary/aromatic N) is 4. The van der Waals surface area contributed by atoms with Gasteiger partial charge in [-0.2, -0.15) is 0 Å². The van der Waals surface area contributed by atoms with E-state index in [-0.39, 0.29) is 47.7 Å². The van der Waals surface area contributed by atoms with E-state index < -0.39 is 0 Å². The van der Waals surface area contributed by atoms with E-state index in [9.17, 15) is 14.7 Å². The summed E-state index contributed by atoms with van der Waals surface area (Å²) < 4.78 is 1.31. The molecule has 28 heavy (non-hydrogen) atoms. The molecule has 2 aromatic heterocycles. The van der Waals surface area contributed by atoms with Crippen LogP contribution in [-0.2, 0) is 0 Å². The van der Waals surface area contributed by atoms with Crippen LogP contribution in [0.5, 0.6) is 5.75 Å². The number of aryl methyl sites for hydroxylation is 1. The number of carbonyl (C=O) groups excluding carboxylic acids is 1. The van der Waals surface area contributed by atoms with Crippen molar-refractivity contribution in [3.8, 4) is 5.75 Å². The van der Waals surface area contributed by atoms with E-state index in [1.165, 1.54) is 10.6 Å². The summed E-state index contributed by atoms with van der Waals surface area (Å²) in [5.74, 6) is -0.255. The van der Waals surface area contributed by atoms with E-state index in [0.29, 0.717) is 29.1 Å². The maximum atomic E-state index is 13.0. The Morgan fingerprint density at radius 2 is 2.00 bits per heavy atom. The molecule has 0 saturated carbocycles. The Morgan fingerprint density at radius 1 is 1.25 bits per heavy atom. The quantitative estimate of drug-likeness (QED) is 0.604. The third-order valence-corrected chi connectivity index (χ3v) is 5.29. The molecule has 0 bridgehead atoms. The molecule has 3 aromatic rings. The molecule has 0 aliphatic carbocycles. The van der Waals surface area contributed by atoms with Crippen LogP contribution in [0.3, 0.4) is 0 Å². The van der Waals surface area contributed by atoms with Crippen molar-refractivity contribution in [2.45, 2.75) is 39.2 Å². The van der Waals surface area contributed by atoms with Gasteiger partial charge in [0.1, 0.15) is 5.75 Å². The van der Waals surface area contributed by atoms with Gasteiger partial charge < -0.3 is 19.5 Å². The fraction of sp³-hybridized carbons (Fsp3) is 0.350. The Balaban J connectivity index is 0.00000225. The summed E-state index contributed by atoms with van der Waals surface area (Å²) in [5, 5.41) is 14.5. The second kappa shape index (κ2) is 7.86. The number of phenols is 1. The van der Waals surface area contributed by atoms with E-state index in [4.69, 9.17) is 0 Å². The number of phenolic OH excluding ortho intramolecular Hbond substituents is 1. The Bertz CT molecular complexity index is 1090. The van der Waals surface area contributed by atoms with Gasteiger partial charge >= 0.3 is 18.9 Å². The molecule has 1 amide bonds. The second-order valence-corrected chi connectivity index (χ2v) is 6.99. The SMILES string of the molecule is Cc1[n-]c2cc([C@@H]3CCCCN3C(=O)c3ccccc3O)nn2c(=O)c1C.[Li+]. The van der Waals surface area contributed by atoms with Crippen LogP contribution in [0.1, 0.15) is 52.6 Å². The van der Waals surface area contributed by atoms with Gasteiger partial charge in [-0.05, 0) is 62.5 Å². The molecule has 7 nitrogen and oxygen atoms in total. The second-order valence-electron chi connectivity index (χ2n) is 6.99. The number of amides is 1. The molecule has 1 fully saturated rings. The van der Waals surface area contributed by atoms with E-state index in [1.54, 1.807) is 43.0 Å². The maximum Gasteiger partial charge on any atom is 1.00 e. The van der Waals surface area contributed by atoms with Gasteiger partial charge in [0.2, 0.25) is 0 Å². The van der Waals surface area contributed by atoms with Crippen LogP contribution in [0.2, 0.25) is 0 Å². The zero-order valence-corrected chi connectivity index (χ0v) is 16.3. The molecule has 1 aromatic carbocycles. The molecule has 1 aliphatic heterocycles. The number of hydrogen-bond donors (Lipinski definition) is 1. The predicted octanol–water partition coefficient (Wildman–Crippen LogP) is -0.654. The van der Waals surface area contributed by atoms with Gasteiger partial charge in [0.05, 0.1) is 17.3 Å². The maximum absolute atomic E-state index is 13.0. The van der Waals surface area contributed by atoms with Gasteiger partial charge in [0.25, 0.3) is 5.91 Å². The van der Waals surface area contributed by atoms with E-state index >= 15 is 0 Å². The van der Waals surface area contributed by atoms with Gasteiger partial charge in [-0.25, -0.2) is 0 Å². The van der Waals surface area contributed by atoms with Crippen LogP contribution in [0.15, 0.2) is 35.1 Å². The summed E-state index contributed by atoms with van der Waals surface area (Å²) in [6.45, 7) is 4.12. The molecule has 1 aliphatic rings. The summed E-state index contributed by atoms with van der Waals surface area (Å²) in [7, 11) is 0. The van der Waals surface area contributed by atoms with Gasteiger partial charge in [0.15, 0.2) is 5.56 Å². The number of hydrogen-bond acceptors (Lipinski definition) is 4. The molecule has 0 spiro atoms. The monoisotopic (exact) mass is 372 g/mol. The molecule has 0 unspecified atom stereocenters. The van der Waals surface area contributed by atoms with Crippen LogP contribution in [-0.4, -0.2) is 32.1 Å². The standard InChI is InChI=1S/C20H22N4O3.Li/c1-12-13(2)21-18-11-15(22-24(18)19(12)26)16-8-5-6-10-23(16)20(27)14-7-3-4-9-17(14)25;/h3-4,7,9,11,16H,5-6,8,10H2,1-2H3,(H2,21,22,25,26,27);/q;+1/p-1/t16-;/m0./s1. The summed E-state index contributed by atoms with van der Waals surface area (Å²) in [6, 6.07) is 8.10. The van der Waals surface area contributed by atoms with E-state index in [1.807, 2.05) is 0 Å². The van der Waals surface area contributed by atoms with Crippen LogP contribution in [0.25, 0.3) is 5.65 Å². The first-order valence-corrected chi connectivity index (χ1v) is 9.10. The first-order chi connectivity index (χ1) is 13.0. The fourth-order valence-electron chi connectivity index (χ4n) is 3.64. The van der Waals surface area contributed by atoms with Crippen molar-refractivity contribution in [3.05, 3.63) is 63.2 Å². The van der Waals surface area contributed by atoms with Crippen molar-refractivity contribution in [1.29, 1.82) is 0 Å². The Hall–Kier alpha value is -2.49. The van der Waals surface area contributed by atoms with Gasteiger partial charge in [-0.1, -0.05) is 17.8 Å². The average Bonchev–Trinajstić information content (AvgIpc) is 3.10. The predicted molar refractivity (Wildman–Crippen MR) is 100.0 cm³/mol. The summed E-state index contributed by atoms with van der Waals surface area (Å²) in [4.78, 5) is 31.7. The Kier molecular flexibility index (Phi) is 5.68. The molecular formula is C20H21LiN4O3. The molecule has 0 radical (unpaired) electrons. The first-order valence-electron chi connectivity index (χ1n) is 9.10. The minimum atomic E-state index is -0.243. The third-order valence-electron chi connectivity index (χ3n) is 5.29. The zero-order chi connectivity index (χ0) is 19.1. The first kappa shape index (κ1) is 20.2. The van der Waals surface area contributed by atoms with E-state index in [2.05, 4.69) is 10.1 Å². The molecule has 1 N–H and O–H groups in total. The smallest absolute Gasteiger partial charge is 0.507 e. The average molecular weight is 372 g/mol. The number of likely N-dealkylation sites (tertiary alicyclic amines) is 1. The Labute approximate surface area is 174 Å². The fourth-order valence-corrected chi connectivity index (χ4v) is 3.64. The molecule has 3 heterocycles. The number of rotatable bonds is 2. The zero-order valence-electron chi connectivity index (χ0n) is 16.3. The third kappa shape index (κ3) is 3.36. The number of para-hydroxylation sites is 1. The molecular weight excluding hydrogens is 351 g/mol. The van der Waals surface area contributed by atoms with Crippen molar-refractivity contribution in [1.82, 2.24) is 19.5 Å². The van der Waals surface area contributed by atoms with Crippen LogP contribution in [0, 0.1) is 13.8 Å². The summed E-state index contributed by atoms with van der Waals surface area (Å²) >= 11 is 0. The number of carbonyl (C=O) groups is 1. The van der Waals surface area contributed by atoms with Crippen LogP contribution < -0.4 is 29.4 Å². The Morgan fingerprint density at radius 3 is 2.75 bits per heavy atom. The van der Waals surface area contributed by atoms with Gasteiger partial charge in [-0.15, -0.1) is 0 Å². The molecule has 8 heteroatoms. The van der Waals surface area contributed by atoms with Crippen molar-refractivity contribution in [3.63, 3.8) is 0 Å². The summed E-state index contributed by atoms with van der Waals surface area (Å²) in [6.07, 6.45) is 2.63. The number of aromatic nitrogens is 3. The topological polar surface area (TPSA) is 89.0 Å². The van der Waals surface area contributed by atoms with Crippen LogP contribution >= 0.6 is 0 Å². The number of aromatic hydroxyl groups is 1. The molecule has 1 atom stereocenters. The van der Waals surface area contributed by atoms with Crippen molar-refractivity contribution in [2.75, 3.05) is 6.54 Å². The molecule has 1 saturated heterocycles. The van der Waals surface area contributed by atoms with Crippen molar-refractivity contribution in [2.24, 2.45) is 0 Å². The van der Waals surface area contributed by atoms with Crippen molar-refractivity contribution < 1.29 is 28.8 Å². The van der Waals surface area contributed by atoms with Gasteiger partial charge in [-0.3, -0.25) is 14.7 Å². The number of piperidine rings is 1. The van der Waals surface area contributed by atoms with Gasteiger partial charge in [0, 0.05) is 6.54 Å². The van der Waals surface area contributed by atoms with E-state index in [0.717, 1.165) is 19.3 Å². The number of fused-ring (bicyclic) bond motifs is 1. The number of benzene rings is 1. The molecule has 4 rings (SSSR count). The van der Waals surface area contributed by atoms with Crippen LogP contribution in [0.4, 0.5) is 0 Å².